The van der Waals surface area contributed by atoms with Crippen molar-refractivity contribution in [1.29, 1.82) is 0 Å². The van der Waals surface area contributed by atoms with E-state index >= 15 is 0 Å². The Kier molecular flexibility index (Phi) is 5.90. The Bertz CT molecular complexity index is 660. The zero-order valence-electron chi connectivity index (χ0n) is 13.8. The van der Waals surface area contributed by atoms with Crippen LogP contribution in [0.5, 0.6) is 0 Å². The molecule has 1 fully saturated rings. The third-order valence-electron chi connectivity index (χ3n) is 4.11. The van der Waals surface area contributed by atoms with Gasteiger partial charge in [-0.05, 0) is 18.4 Å². The second-order valence-electron chi connectivity index (χ2n) is 5.99. The van der Waals surface area contributed by atoms with Crippen LogP contribution >= 0.6 is 11.3 Å². The summed E-state index contributed by atoms with van der Waals surface area (Å²) in [5, 5.41) is 12.7. The summed E-state index contributed by atoms with van der Waals surface area (Å²) in [5.41, 5.74) is 7.43. The van der Waals surface area contributed by atoms with E-state index in [0.29, 0.717) is 11.6 Å². The molecule has 0 aliphatic carbocycles. The molecule has 6 nitrogen and oxygen atoms in total. The second kappa shape index (κ2) is 8.32. The van der Waals surface area contributed by atoms with E-state index in [1.807, 2.05) is 18.2 Å². The van der Waals surface area contributed by atoms with E-state index in [1.54, 1.807) is 0 Å². The third kappa shape index (κ3) is 4.37. The maximum atomic E-state index is 12.4. The van der Waals surface area contributed by atoms with Gasteiger partial charge in [-0.1, -0.05) is 61.4 Å². The number of carbonyl (C=O) groups is 1. The lowest BCUT2D eigenvalue weighted by atomic mass is 10.0. The Morgan fingerprint density at radius 3 is 2.88 bits per heavy atom. The second-order valence-corrected chi connectivity index (χ2v) is 7.05. The fraction of sp³-hybridized carbons (Fsp3) is 0.471. The molecular formula is C17H23N5OS. The van der Waals surface area contributed by atoms with Crippen molar-refractivity contribution >= 4 is 22.4 Å². The average Bonchev–Trinajstić information content (AvgIpc) is 3.26. The number of aryl methyl sites for hydroxylation is 1. The minimum atomic E-state index is -0.275. The highest BCUT2D eigenvalue weighted by Crippen LogP contribution is 2.23. The lowest BCUT2D eigenvalue weighted by Gasteiger charge is -2.09. The number of nitrogens with zero attached hydrogens (tertiary/aromatic N) is 2. The molecule has 2 aromatic rings. The molecule has 24 heavy (non-hydrogen) atoms. The molecule has 0 spiro atoms. The molecule has 0 bridgehead atoms. The van der Waals surface area contributed by atoms with Crippen LogP contribution in [0.3, 0.4) is 0 Å². The minimum Gasteiger partial charge on any atom is -0.299 e. The van der Waals surface area contributed by atoms with E-state index < -0.39 is 0 Å². The molecule has 1 aromatic heterocycles. The summed E-state index contributed by atoms with van der Waals surface area (Å²) < 4.78 is 0. The molecule has 7 heteroatoms. The normalized spacial score (nSPS) is 20.2. The Morgan fingerprint density at radius 1 is 1.25 bits per heavy atom. The first-order chi connectivity index (χ1) is 11.8. The highest BCUT2D eigenvalue weighted by molar-refractivity contribution is 7.15. The lowest BCUT2D eigenvalue weighted by Crippen LogP contribution is -2.39. The first-order valence-corrected chi connectivity index (χ1v) is 9.27. The summed E-state index contributed by atoms with van der Waals surface area (Å²) in [5.74, 6) is -0.0720. The minimum absolute atomic E-state index is 0.0720. The summed E-state index contributed by atoms with van der Waals surface area (Å²) in [6.45, 7) is 2.18. The van der Waals surface area contributed by atoms with Crippen LogP contribution in [0.2, 0.25) is 0 Å². The van der Waals surface area contributed by atoms with Gasteiger partial charge in [0.2, 0.25) is 11.0 Å². The van der Waals surface area contributed by atoms with Gasteiger partial charge in [0, 0.05) is 12.5 Å². The van der Waals surface area contributed by atoms with Crippen molar-refractivity contribution in [2.45, 2.75) is 51.1 Å². The van der Waals surface area contributed by atoms with Crippen molar-refractivity contribution in [2.75, 3.05) is 5.32 Å². The van der Waals surface area contributed by atoms with Gasteiger partial charge in [0.25, 0.3) is 0 Å². The predicted molar refractivity (Wildman–Crippen MR) is 95.6 cm³/mol. The van der Waals surface area contributed by atoms with E-state index in [-0.39, 0.29) is 18.0 Å². The van der Waals surface area contributed by atoms with Crippen LogP contribution in [-0.4, -0.2) is 22.1 Å². The number of hydrogen-bond acceptors (Lipinski definition) is 6. The standard InChI is InChI=1S/C17H23N5OS/c1-2-3-5-10-15-21-22-17(24-15)18-16(23)14-11-13(19-20-14)12-8-6-4-7-9-12/h4,6-9,13-14,19-20H,2-3,5,10-11H2,1H3,(H,18,22,23). The van der Waals surface area contributed by atoms with Crippen molar-refractivity contribution < 1.29 is 4.79 Å². The molecule has 2 heterocycles. The van der Waals surface area contributed by atoms with Crippen molar-refractivity contribution in [3.8, 4) is 0 Å². The van der Waals surface area contributed by atoms with Gasteiger partial charge in [0.1, 0.15) is 11.0 Å². The Balaban J connectivity index is 1.51. The lowest BCUT2D eigenvalue weighted by molar-refractivity contribution is -0.117. The Labute approximate surface area is 146 Å². The summed E-state index contributed by atoms with van der Waals surface area (Å²) in [4.78, 5) is 12.4. The number of anilines is 1. The Hall–Kier alpha value is -1.83. The van der Waals surface area contributed by atoms with E-state index in [9.17, 15) is 4.79 Å². The van der Waals surface area contributed by atoms with Crippen molar-refractivity contribution in [3.05, 3.63) is 40.9 Å². The van der Waals surface area contributed by atoms with Crippen LogP contribution in [0.25, 0.3) is 0 Å². The van der Waals surface area contributed by atoms with E-state index in [4.69, 9.17) is 0 Å². The molecular weight excluding hydrogens is 322 g/mol. The summed E-state index contributed by atoms with van der Waals surface area (Å²) in [7, 11) is 0. The fourth-order valence-electron chi connectivity index (χ4n) is 2.76. The number of nitrogens with one attached hydrogen (secondary N) is 3. The maximum absolute atomic E-state index is 12.4. The Morgan fingerprint density at radius 2 is 2.08 bits per heavy atom. The third-order valence-corrected chi connectivity index (χ3v) is 5.01. The zero-order chi connectivity index (χ0) is 16.8. The van der Waals surface area contributed by atoms with Crippen molar-refractivity contribution in [1.82, 2.24) is 21.0 Å². The first-order valence-electron chi connectivity index (χ1n) is 8.45. The van der Waals surface area contributed by atoms with E-state index in [1.165, 1.54) is 29.7 Å². The number of unbranched alkanes of at least 4 members (excludes halogenated alkanes) is 2. The fourth-order valence-corrected chi connectivity index (χ4v) is 3.54. The van der Waals surface area contributed by atoms with E-state index in [2.05, 4.69) is 45.4 Å². The molecule has 128 valence electrons. The number of benzene rings is 1. The van der Waals surface area contributed by atoms with Gasteiger partial charge in [-0.3, -0.25) is 10.1 Å². The van der Waals surface area contributed by atoms with Gasteiger partial charge < -0.3 is 0 Å². The number of hydrogen-bond donors (Lipinski definition) is 3. The van der Waals surface area contributed by atoms with Gasteiger partial charge in [-0.2, -0.15) is 0 Å². The van der Waals surface area contributed by atoms with Gasteiger partial charge in [0.05, 0.1) is 0 Å². The predicted octanol–water partition coefficient (Wildman–Crippen LogP) is 2.82. The van der Waals surface area contributed by atoms with Crippen LogP contribution in [-0.2, 0) is 11.2 Å². The van der Waals surface area contributed by atoms with Crippen molar-refractivity contribution in [3.63, 3.8) is 0 Å². The van der Waals surface area contributed by atoms with Crippen LogP contribution in [0.15, 0.2) is 30.3 Å². The molecule has 1 saturated heterocycles. The van der Waals surface area contributed by atoms with Gasteiger partial charge in [0.15, 0.2) is 0 Å². The van der Waals surface area contributed by atoms with Gasteiger partial charge in [-0.15, -0.1) is 10.2 Å². The molecule has 1 amide bonds. The smallest absolute Gasteiger partial charge is 0.244 e. The van der Waals surface area contributed by atoms with Crippen LogP contribution in [0.1, 0.15) is 49.2 Å². The highest BCUT2D eigenvalue weighted by Gasteiger charge is 2.30. The molecule has 3 N–H and O–H groups in total. The molecule has 1 aliphatic heterocycles. The highest BCUT2D eigenvalue weighted by atomic mass is 32.1. The number of carbonyl (C=O) groups excluding carboxylic acids is 1. The molecule has 3 rings (SSSR count). The largest absolute Gasteiger partial charge is 0.299 e. The first kappa shape index (κ1) is 17.0. The van der Waals surface area contributed by atoms with E-state index in [0.717, 1.165) is 17.8 Å². The number of amides is 1. The van der Waals surface area contributed by atoms with Crippen LogP contribution < -0.4 is 16.2 Å². The monoisotopic (exact) mass is 345 g/mol. The molecule has 2 atom stereocenters. The SMILES string of the molecule is CCCCCc1nnc(NC(=O)C2CC(c3ccccc3)NN2)s1. The number of rotatable bonds is 7. The topological polar surface area (TPSA) is 78.9 Å². The van der Waals surface area contributed by atoms with Gasteiger partial charge in [-0.25, -0.2) is 10.9 Å². The summed E-state index contributed by atoms with van der Waals surface area (Å²) in [6.07, 6.45) is 5.13. The number of hydrazine groups is 1. The average molecular weight is 345 g/mol. The molecule has 2 unspecified atom stereocenters. The molecule has 0 radical (unpaired) electrons. The molecule has 1 aliphatic rings. The van der Waals surface area contributed by atoms with Gasteiger partial charge >= 0.3 is 0 Å². The molecule has 1 aromatic carbocycles. The summed E-state index contributed by atoms with van der Waals surface area (Å²) in [6, 6.07) is 9.99. The van der Waals surface area contributed by atoms with Crippen molar-refractivity contribution in [2.24, 2.45) is 0 Å². The van der Waals surface area contributed by atoms with Crippen LogP contribution in [0.4, 0.5) is 5.13 Å². The maximum Gasteiger partial charge on any atom is 0.244 e. The molecule has 0 saturated carbocycles. The quantitative estimate of drug-likeness (QED) is 0.673. The van der Waals surface area contributed by atoms with Crippen LogP contribution in [0, 0.1) is 0 Å². The zero-order valence-corrected chi connectivity index (χ0v) is 14.6. The summed E-state index contributed by atoms with van der Waals surface area (Å²) >= 11 is 1.47. The number of aromatic nitrogens is 2.